The summed E-state index contributed by atoms with van der Waals surface area (Å²) in [5.41, 5.74) is 5.11. The van der Waals surface area contributed by atoms with E-state index >= 15 is 0 Å². The molecule has 0 amide bonds. The number of hydrogen-bond donors (Lipinski definition) is 0. The van der Waals surface area contributed by atoms with Crippen LogP contribution >= 0.6 is 0 Å². The van der Waals surface area contributed by atoms with Gasteiger partial charge in [0, 0.05) is 0 Å². The smallest absolute Gasteiger partial charge is 0.0130 e. The molecule has 0 N–H and O–H groups in total. The molecule has 0 bridgehead atoms. The summed E-state index contributed by atoms with van der Waals surface area (Å²) in [6.45, 7) is 10.4. The fourth-order valence-electron chi connectivity index (χ4n) is 2.51. The topological polar surface area (TPSA) is 0 Å². The van der Waals surface area contributed by atoms with E-state index in [2.05, 4.69) is 56.5 Å². The Morgan fingerprint density at radius 3 is 2.58 bits per heavy atom. The second-order valence-electron chi connectivity index (χ2n) is 5.27. The van der Waals surface area contributed by atoms with Crippen molar-refractivity contribution in [1.29, 1.82) is 0 Å². The Morgan fingerprint density at radius 1 is 1.26 bits per heavy atom. The third kappa shape index (κ3) is 3.57. The van der Waals surface area contributed by atoms with E-state index < -0.39 is 0 Å². The Hall–Kier alpha value is -1.82. The minimum absolute atomic E-state index is 0.586. The molecule has 0 nitrogen and oxygen atoms in total. The Morgan fingerprint density at radius 2 is 2.00 bits per heavy atom. The summed E-state index contributed by atoms with van der Waals surface area (Å²) in [6.07, 6.45) is 10.0. The number of allylic oxidation sites excluding steroid dienone is 6. The van der Waals surface area contributed by atoms with Crippen molar-refractivity contribution in [3.05, 3.63) is 78.4 Å². The summed E-state index contributed by atoms with van der Waals surface area (Å²) < 4.78 is 0. The second kappa shape index (κ2) is 6.38. The maximum atomic E-state index is 4.26. The minimum atomic E-state index is 0.586. The Balaban J connectivity index is 2.15. The van der Waals surface area contributed by atoms with Crippen LogP contribution in [-0.2, 0) is 0 Å². The molecule has 1 atom stereocenters. The zero-order chi connectivity index (χ0) is 13.7. The van der Waals surface area contributed by atoms with Gasteiger partial charge in [0.1, 0.15) is 0 Å². The molecule has 1 unspecified atom stereocenters. The van der Waals surface area contributed by atoms with Gasteiger partial charge in [0.05, 0.1) is 0 Å². The highest BCUT2D eigenvalue weighted by molar-refractivity contribution is 5.75. The van der Waals surface area contributed by atoms with Gasteiger partial charge in [0.15, 0.2) is 0 Å². The molecule has 1 aromatic rings. The fraction of sp³-hybridized carbons (Fsp3) is 0.263. The van der Waals surface area contributed by atoms with Gasteiger partial charge in [-0.05, 0) is 43.2 Å². The first kappa shape index (κ1) is 13.6. The molecule has 2 rings (SSSR count). The first-order valence-corrected chi connectivity index (χ1v) is 6.94. The van der Waals surface area contributed by atoms with E-state index in [1.165, 1.54) is 29.6 Å². The van der Waals surface area contributed by atoms with Crippen molar-refractivity contribution in [1.82, 2.24) is 0 Å². The second-order valence-corrected chi connectivity index (χ2v) is 5.27. The fourth-order valence-corrected chi connectivity index (χ4v) is 2.51. The van der Waals surface area contributed by atoms with Crippen LogP contribution in [0, 0.1) is 5.92 Å². The summed E-state index contributed by atoms with van der Waals surface area (Å²) in [5, 5.41) is 0. The maximum absolute atomic E-state index is 4.26. The molecule has 1 aliphatic carbocycles. The molecule has 0 heteroatoms. The van der Waals surface area contributed by atoms with Crippen LogP contribution in [0.1, 0.15) is 31.7 Å². The van der Waals surface area contributed by atoms with Crippen LogP contribution in [-0.4, -0.2) is 0 Å². The standard InChI is InChI=1S/C19H22/c1-4-17(19-8-6-5-7-9-19)14-16(3)18-12-10-15(2)11-13-18/h4-10,14,18H,1,3,11-13H2,2H3/b17-14+. The Labute approximate surface area is 116 Å². The van der Waals surface area contributed by atoms with Crippen molar-refractivity contribution < 1.29 is 0 Å². The molecule has 0 radical (unpaired) electrons. The van der Waals surface area contributed by atoms with E-state index in [4.69, 9.17) is 0 Å². The summed E-state index contributed by atoms with van der Waals surface area (Å²) in [6, 6.07) is 10.4. The molecule has 98 valence electrons. The highest BCUT2D eigenvalue weighted by atomic mass is 14.2. The quantitative estimate of drug-likeness (QED) is 0.485. The van der Waals surface area contributed by atoms with Gasteiger partial charge in [-0.15, -0.1) is 0 Å². The molecule has 19 heavy (non-hydrogen) atoms. The van der Waals surface area contributed by atoms with Gasteiger partial charge in [-0.25, -0.2) is 0 Å². The molecule has 0 saturated heterocycles. The molecule has 0 heterocycles. The monoisotopic (exact) mass is 250 g/mol. The molecule has 0 saturated carbocycles. The van der Waals surface area contributed by atoms with E-state index in [1.807, 2.05) is 12.1 Å². The van der Waals surface area contributed by atoms with Crippen molar-refractivity contribution in [2.45, 2.75) is 26.2 Å². The molecular weight excluding hydrogens is 228 g/mol. The predicted molar refractivity (Wildman–Crippen MR) is 84.9 cm³/mol. The van der Waals surface area contributed by atoms with Crippen LogP contribution in [0.3, 0.4) is 0 Å². The van der Waals surface area contributed by atoms with Crippen LogP contribution in [0.4, 0.5) is 0 Å². The van der Waals surface area contributed by atoms with Gasteiger partial charge in [-0.1, -0.05) is 72.9 Å². The molecule has 0 aliphatic heterocycles. The lowest BCUT2D eigenvalue weighted by Crippen LogP contribution is -2.06. The van der Waals surface area contributed by atoms with E-state index in [0.29, 0.717) is 5.92 Å². The highest BCUT2D eigenvalue weighted by Crippen LogP contribution is 2.30. The first-order chi connectivity index (χ1) is 9.20. The lowest BCUT2D eigenvalue weighted by Gasteiger charge is -2.21. The lowest BCUT2D eigenvalue weighted by atomic mass is 9.84. The Bertz CT molecular complexity index is 514. The van der Waals surface area contributed by atoms with Crippen molar-refractivity contribution >= 4 is 5.57 Å². The van der Waals surface area contributed by atoms with Gasteiger partial charge in [-0.2, -0.15) is 0 Å². The van der Waals surface area contributed by atoms with Crippen molar-refractivity contribution in [2.24, 2.45) is 5.92 Å². The van der Waals surface area contributed by atoms with Crippen molar-refractivity contribution in [2.75, 3.05) is 0 Å². The average molecular weight is 250 g/mol. The normalized spacial score (nSPS) is 19.7. The third-order valence-electron chi connectivity index (χ3n) is 3.83. The first-order valence-electron chi connectivity index (χ1n) is 6.94. The molecule has 0 spiro atoms. The number of benzene rings is 1. The summed E-state index contributed by atoms with van der Waals surface area (Å²) >= 11 is 0. The summed E-state index contributed by atoms with van der Waals surface area (Å²) in [5.74, 6) is 0.586. The predicted octanol–water partition coefficient (Wildman–Crippen LogP) is 5.56. The van der Waals surface area contributed by atoms with Crippen molar-refractivity contribution in [3.8, 4) is 0 Å². The van der Waals surface area contributed by atoms with Gasteiger partial charge in [-0.3, -0.25) is 0 Å². The Kier molecular flexibility index (Phi) is 4.57. The minimum Gasteiger partial charge on any atom is -0.0984 e. The zero-order valence-electron chi connectivity index (χ0n) is 11.7. The third-order valence-corrected chi connectivity index (χ3v) is 3.83. The van der Waals surface area contributed by atoms with E-state index in [1.54, 1.807) is 0 Å². The molecule has 1 aliphatic rings. The van der Waals surface area contributed by atoms with Crippen LogP contribution < -0.4 is 0 Å². The van der Waals surface area contributed by atoms with Crippen LogP contribution in [0.15, 0.2) is 72.9 Å². The van der Waals surface area contributed by atoms with E-state index in [-0.39, 0.29) is 0 Å². The highest BCUT2D eigenvalue weighted by Gasteiger charge is 2.14. The van der Waals surface area contributed by atoms with Crippen LogP contribution in [0.2, 0.25) is 0 Å². The molecular formula is C19H22. The molecule has 0 fully saturated rings. The van der Waals surface area contributed by atoms with Gasteiger partial charge in [0.25, 0.3) is 0 Å². The van der Waals surface area contributed by atoms with Crippen molar-refractivity contribution in [3.63, 3.8) is 0 Å². The number of rotatable bonds is 4. The maximum Gasteiger partial charge on any atom is -0.0130 e. The largest absolute Gasteiger partial charge is 0.0984 e. The van der Waals surface area contributed by atoms with Gasteiger partial charge in [0.2, 0.25) is 0 Å². The SMILES string of the molecule is C=C/C(=C\C(=C)C1CC=C(C)CC1)c1ccccc1. The summed E-state index contributed by atoms with van der Waals surface area (Å²) in [7, 11) is 0. The summed E-state index contributed by atoms with van der Waals surface area (Å²) in [4.78, 5) is 0. The zero-order valence-corrected chi connectivity index (χ0v) is 11.7. The van der Waals surface area contributed by atoms with E-state index in [0.717, 1.165) is 12.0 Å². The van der Waals surface area contributed by atoms with Gasteiger partial charge >= 0.3 is 0 Å². The average Bonchev–Trinajstić information content (AvgIpc) is 2.46. The van der Waals surface area contributed by atoms with Crippen LogP contribution in [0.25, 0.3) is 5.57 Å². The molecule has 1 aromatic carbocycles. The van der Waals surface area contributed by atoms with E-state index in [9.17, 15) is 0 Å². The number of hydrogen-bond acceptors (Lipinski definition) is 0. The van der Waals surface area contributed by atoms with Gasteiger partial charge < -0.3 is 0 Å². The van der Waals surface area contributed by atoms with Crippen LogP contribution in [0.5, 0.6) is 0 Å². The lowest BCUT2D eigenvalue weighted by molar-refractivity contribution is 0.550. The molecule has 0 aromatic heterocycles.